The fourth-order valence-electron chi connectivity index (χ4n) is 2.00. The van der Waals surface area contributed by atoms with Crippen LogP contribution >= 0.6 is 23.2 Å². The highest BCUT2D eigenvalue weighted by atomic mass is 35.5. The van der Waals surface area contributed by atoms with E-state index in [-0.39, 0.29) is 18.9 Å². The molecule has 2 rings (SSSR count). The van der Waals surface area contributed by atoms with Crippen molar-refractivity contribution in [2.75, 3.05) is 6.54 Å². The highest BCUT2D eigenvalue weighted by molar-refractivity contribution is 6.36. The Morgan fingerprint density at radius 1 is 1.41 bits per heavy atom. The second kappa shape index (κ2) is 6.69. The number of carbonyl (C=O) groups is 1. The molecule has 0 spiro atoms. The van der Waals surface area contributed by atoms with Crippen molar-refractivity contribution >= 4 is 29.1 Å². The molecule has 1 aromatic heterocycles. The molecule has 1 aromatic carbocycles. The summed E-state index contributed by atoms with van der Waals surface area (Å²) in [5.74, 6) is -0.265. The molecule has 1 amide bonds. The van der Waals surface area contributed by atoms with E-state index >= 15 is 0 Å². The van der Waals surface area contributed by atoms with Gasteiger partial charge in [-0.05, 0) is 24.6 Å². The average Bonchev–Trinajstić information content (AvgIpc) is 2.88. The van der Waals surface area contributed by atoms with E-state index in [0.717, 1.165) is 0 Å². The number of hydrogen-bond donors (Lipinski definition) is 2. The van der Waals surface area contributed by atoms with Crippen LogP contribution in [0.25, 0.3) is 0 Å². The molecule has 1 heterocycles. The first-order valence-electron chi connectivity index (χ1n) is 6.70. The SMILES string of the molecule is Cn1cc(C(C)(O)CNC(=O)Cc2c(Cl)cccc2Cl)cn1. The van der Waals surface area contributed by atoms with Crippen LogP contribution in [-0.2, 0) is 23.9 Å². The average molecular weight is 342 g/mol. The van der Waals surface area contributed by atoms with Gasteiger partial charge in [-0.1, -0.05) is 29.3 Å². The van der Waals surface area contributed by atoms with E-state index < -0.39 is 5.60 Å². The summed E-state index contributed by atoms with van der Waals surface area (Å²) in [4.78, 5) is 12.0. The van der Waals surface area contributed by atoms with Crippen molar-refractivity contribution in [2.24, 2.45) is 7.05 Å². The van der Waals surface area contributed by atoms with Crippen molar-refractivity contribution in [3.8, 4) is 0 Å². The minimum absolute atomic E-state index is 0.0572. The maximum atomic E-state index is 12.0. The Kier molecular flexibility index (Phi) is 5.11. The van der Waals surface area contributed by atoms with Gasteiger partial charge in [-0.25, -0.2) is 0 Å². The molecule has 118 valence electrons. The quantitative estimate of drug-likeness (QED) is 0.876. The molecule has 0 aliphatic rings. The maximum absolute atomic E-state index is 12.0. The zero-order valence-electron chi connectivity index (χ0n) is 12.3. The highest BCUT2D eigenvalue weighted by Gasteiger charge is 2.25. The second-order valence-corrected chi connectivity index (χ2v) is 6.14. The Morgan fingerprint density at radius 2 is 2.05 bits per heavy atom. The van der Waals surface area contributed by atoms with Crippen molar-refractivity contribution in [1.82, 2.24) is 15.1 Å². The summed E-state index contributed by atoms with van der Waals surface area (Å²) in [5.41, 5.74) is 0.00390. The first kappa shape index (κ1) is 16.8. The van der Waals surface area contributed by atoms with E-state index in [1.165, 1.54) is 0 Å². The molecule has 0 saturated heterocycles. The minimum atomic E-state index is -1.20. The number of halogens is 2. The predicted octanol–water partition coefficient (Wildman–Crippen LogP) is 2.29. The molecule has 5 nitrogen and oxygen atoms in total. The lowest BCUT2D eigenvalue weighted by atomic mass is 9.99. The van der Waals surface area contributed by atoms with Gasteiger partial charge in [-0.15, -0.1) is 0 Å². The van der Waals surface area contributed by atoms with E-state index in [4.69, 9.17) is 23.2 Å². The minimum Gasteiger partial charge on any atom is -0.383 e. The predicted molar refractivity (Wildman–Crippen MR) is 86.0 cm³/mol. The van der Waals surface area contributed by atoms with Crippen LogP contribution in [0.3, 0.4) is 0 Å². The van der Waals surface area contributed by atoms with Crippen LogP contribution in [-0.4, -0.2) is 27.3 Å². The van der Waals surface area contributed by atoms with Crippen molar-refractivity contribution in [3.05, 3.63) is 51.8 Å². The zero-order chi connectivity index (χ0) is 16.3. The number of rotatable bonds is 5. The number of nitrogens with zero attached hydrogens (tertiary/aromatic N) is 2. The van der Waals surface area contributed by atoms with E-state index in [1.54, 1.807) is 49.2 Å². The van der Waals surface area contributed by atoms with E-state index in [1.807, 2.05) is 0 Å². The molecule has 0 aliphatic carbocycles. The molecule has 2 aromatic rings. The largest absolute Gasteiger partial charge is 0.383 e. The van der Waals surface area contributed by atoms with E-state index in [9.17, 15) is 9.90 Å². The lowest BCUT2D eigenvalue weighted by Gasteiger charge is -2.22. The zero-order valence-corrected chi connectivity index (χ0v) is 13.8. The van der Waals surface area contributed by atoms with Crippen LogP contribution in [0.1, 0.15) is 18.1 Å². The third-order valence-corrected chi connectivity index (χ3v) is 4.06. The number of benzene rings is 1. The van der Waals surface area contributed by atoms with Gasteiger partial charge in [0, 0.05) is 28.9 Å². The summed E-state index contributed by atoms with van der Waals surface area (Å²) < 4.78 is 1.59. The molecule has 1 atom stereocenters. The molecule has 0 saturated carbocycles. The number of hydrogen-bond acceptors (Lipinski definition) is 3. The standard InChI is InChI=1S/C15H17Cl2N3O2/c1-15(22,10-7-19-20(2)8-10)9-18-14(21)6-11-12(16)4-3-5-13(11)17/h3-5,7-8,22H,6,9H2,1-2H3,(H,18,21). The Morgan fingerprint density at radius 3 is 2.59 bits per heavy atom. The van der Waals surface area contributed by atoms with Gasteiger partial charge < -0.3 is 10.4 Å². The molecular weight excluding hydrogens is 325 g/mol. The molecular formula is C15H17Cl2N3O2. The van der Waals surface area contributed by atoms with E-state index in [0.29, 0.717) is 21.2 Å². The summed E-state index contributed by atoms with van der Waals surface area (Å²) in [6, 6.07) is 5.09. The van der Waals surface area contributed by atoms with Gasteiger partial charge in [0.1, 0.15) is 5.60 Å². The monoisotopic (exact) mass is 341 g/mol. The molecule has 0 fully saturated rings. The lowest BCUT2D eigenvalue weighted by molar-refractivity contribution is -0.121. The third kappa shape index (κ3) is 4.00. The first-order valence-corrected chi connectivity index (χ1v) is 7.46. The fourth-order valence-corrected chi connectivity index (χ4v) is 2.53. The van der Waals surface area contributed by atoms with E-state index in [2.05, 4.69) is 10.4 Å². The topological polar surface area (TPSA) is 67.2 Å². The summed E-state index contributed by atoms with van der Waals surface area (Å²) in [5, 5.41) is 18.0. The molecule has 22 heavy (non-hydrogen) atoms. The Balaban J connectivity index is 1.98. The van der Waals surface area contributed by atoms with Crippen LogP contribution in [0.4, 0.5) is 0 Å². The second-order valence-electron chi connectivity index (χ2n) is 5.33. The number of aryl methyl sites for hydroxylation is 1. The van der Waals surface area contributed by atoms with Crippen molar-refractivity contribution < 1.29 is 9.90 Å². The van der Waals surface area contributed by atoms with Crippen molar-refractivity contribution in [1.29, 1.82) is 0 Å². The molecule has 1 unspecified atom stereocenters. The van der Waals surface area contributed by atoms with Crippen LogP contribution in [0, 0.1) is 0 Å². The first-order chi connectivity index (χ1) is 10.3. The number of aliphatic hydroxyl groups is 1. The Labute approximate surface area is 138 Å². The lowest BCUT2D eigenvalue weighted by Crippen LogP contribution is -2.39. The fraction of sp³-hybridized carbons (Fsp3) is 0.333. The van der Waals surface area contributed by atoms with Gasteiger partial charge in [-0.2, -0.15) is 5.10 Å². The van der Waals surface area contributed by atoms with Crippen molar-refractivity contribution in [3.63, 3.8) is 0 Å². The molecule has 7 heteroatoms. The van der Waals surface area contributed by atoms with Crippen LogP contribution < -0.4 is 5.32 Å². The summed E-state index contributed by atoms with van der Waals surface area (Å²) >= 11 is 12.1. The van der Waals surface area contributed by atoms with Gasteiger partial charge >= 0.3 is 0 Å². The van der Waals surface area contributed by atoms with Crippen molar-refractivity contribution in [2.45, 2.75) is 18.9 Å². The molecule has 2 N–H and O–H groups in total. The maximum Gasteiger partial charge on any atom is 0.224 e. The third-order valence-electron chi connectivity index (χ3n) is 3.36. The Bertz CT molecular complexity index is 663. The molecule has 0 radical (unpaired) electrons. The van der Waals surface area contributed by atoms with Crippen LogP contribution in [0.2, 0.25) is 10.0 Å². The summed E-state index contributed by atoms with van der Waals surface area (Å²) in [7, 11) is 1.76. The van der Waals surface area contributed by atoms with Gasteiger partial charge in [0.15, 0.2) is 0 Å². The number of amides is 1. The van der Waals surface area contributed by atoms with Gasteiger partial charge in [0.2, 0.25) is 5.91 Å². The normalized spacial score (nSPS) is 13.7. The number of nitrogens with one attached hydrogen (secondary N) is 1. The smallest absolute Gasteiger partial charge is 0.224 e. The van der Waals surface area contributed by atoms with Crippen LogP contribution in [0.15, 0.2) is 30.6 Å². The van der Waals surface area contributed by atoms with Gasteiger partial charge in [0.25, 0.3) is 0 Å². The Hall–Kier alpha value is -1.56. The number of carbonyl (C=O) groups excluding carboxylic acids is 1. The molecule has 0 aliphatic heterocycles. The molecule has 0 bridgehead atoms. The summed E-state index contributed by atoms with van der Waals surface area (Å²) in [6.07, 6.45) is 3.33. The van der Waals surface area contributed by atoms with Gasteiger partial charge in [0.05, 0.1) is 19.2 Å². The highest BCUT2D eigenvalue weighted by Crippen LogP contribution is 2.25. The summed E-state index contributed by atoms with van der Waals surface area (Å²) in [6.45, 7) is 1.69. The number of aromatic nitrogens is 2. The van der Waals surface area contributed by atoms with Crippen LogP contribution in [0.5, 0.6) is 0 Å². The van der Waals surface area contributed by atoms with Gasteiger partial charge in [-0.3, -0.25) is 9.48 Å².